The van der Waals surface area contributed by atoms with Gasteiger partial charge >= 0.3 is 0 Å². The molecule has 0 aliphatic rings. The minimum atomic E-state index is -0.360. The highest BCUT2D eigenvalue weighted by molar-refractivity contribution is 7.98. The van der Waals surface area contributed by atoms with Gasteiger partial charge in [0.15, 0.2) is 0 Å². The van der Waals surface area contributed by atoms with Gasteiger partial charge in [0.05, 0.1) is 11.6 Å². The summed E-state index contributed by atoms with van der Waals surface area (Å²) in [6, 6.07) is 6.56. The number of nitrogens with two attached hydrogens (primary N) is 1. The number of thioether (sulfide) groups is 1. The number of nitrogens with zero attached hydrogens (tertiary/aromatic N) is 1. The molecule has 1 aromatic carbocycles. The molecule has 0 bridgehead atoms. The van der Waals surface area contributed by atoms with E-state index in [4.69, 9.17) is 11.0 Å². The van der Waals surface area contributed by atoms with Crippen LogP contribution >= 0.6 is 11.8 Å². The van der Waals surface area contributed by atoms with Gasteiger partial charge in [-0.15, -0.1) is 0 Å². The fourth-order valence-corrected chi connectivity index (χ4v) is 2.38. The Morgan fingerprint density at radius 2 is 2.31 bits per heavy atom. The van der Waals surface area contributed by atoms with Gasteiger partial charge < -0.3 is 5.73 Å². The Morgan fingerprint density at radius 1 is 1.56 bits per heavy atom. The van der Waals surface area contributed by atoms with Gasteiger partial charge in [-0.05, 0) is 36.8 Å². The second-order valence-corrected chi connectivity index (χ2v) is 4.84. The lowest BCUT2D eigenvalue weighted by atomic mass is 10.1. The van der Waals surface area contributed by atoms with Crippen molar-refractivity contribution in [1.29, 1.82) is 5.26 Å². The van der Waals surface area contributed by atoms with E-state index in [-0.39, 0.29) is 11.9 Å². The summed E-state index contributed by atoms with van der Waals surface area (Å²) in [5.41, 5.74) is 6.94. The minimum Gasteiger partial charge on any atom is -0.328 e. The number of nitriles is 1. The Bertz CT molecular complexity index is 385. The molecule has 1 atom stereocenters. The summed E-state index contributed by atoms with van der Waals surface area (Å²) in [4.78, 5) is 0. The average molecular weight is 238 g/mol. The number of rotatable bonds is 5. The van der Waals surface area contributed by atoms with Crippen molar-refractivity contribution in [1.82, 2.24) is 0 Å². The van der Waals surface area contributed by atoms with Crippen molar-refractivity contribution in [2.45, 2.75) is 25.1 Å². The average Bonchev–Trinajstić information content (AvgIpc) is 2.25. The van der Waals surface area contributed by atoms with E-state index in [9.17, 15) is 4.39 Å². The fraction of sp³-hybridized carbons (Fsp3) is 0.417. The van der Waals surface area contributed by atoms with Crippen LogP contribution in [0.2, 0.25) is 0 Å². The summed E-state index contributed by atoms with van der Waals surface area (Å²) in [6.07, 6.45) is 0.952. The Hall–Kier alpha value is -1.05. The van der Waals surface area contributed by atoms with Crippen LogP contribution in [0.1, 0.15) is 24.5 Å². The zero-order chi connectivity index (χ0) is 12.0. The molecular formula is C12H15FN2S. The van der Waals surface area contributed by atoms with E-state index < -0.39 is 0 Å². The molecule has 1 aromatic rings. The molecule has 0 saturated carbocycles. The van der Waals surface area contributed by atoms with Gasteiger partial charge in [0.2, 0.25) is 0 Å². The van der Waals surface area contributed by atoms with Gasteiger partial charge in [0, 0.05) is 11.8 Å². The van der Waals surface area contributed by atoms with Gasteiger partial charge in [0.1, 0.15) is 5.82 Å². The van der Waals surface area contributed by atoms with Crippen molar-refractivity contribution in [3.8, 4) is 6.07 Å². The zero-order valence-corrected chi connectivity index (χ0v) is 10.1. The van der Waals surface area contributed by atoms with E-state index in [2.05, 4.69) is 0 Å². The normalized spacial score (nSPS) is 12.1. The fourth-order valence-electron chi connectivity index (χ4n) is 1.23. The summed E-state index contributed by atoms with van der Waals surface area (Å²) in [5.74, 6) is 1.33. The molecule has 0 aliphatic carbocycles. The first-order valence-corrected chi connectivity index (χ1v) is 6.31. The van der Waals surface area contributed by atoms with Crippen LogP contribution in [0.4, 0.5) is 4.39 Å². The lowest BCUT2D eigenvalue weighted by Gasteiger charge is -2.06. The Balaban J connectivity index is 2.51. The third-order valence-electron chi connectivity index (χ3n) is 2.17. The van der Waals surface area contributed by atoms with Gasteiger partial charge in [-0.1, -0.05) is 6.07 Å². The smallest absolute Gasteiger partial charge is 0.124 e. The van der Waals surface area contributed by atoms with Crippen LogP contribution in [0.5, 0.6) is 0 Å². The summed E-state index contributed by atoms with van der Waals surface area (Å²) in [7, 11) is 0. The summed E-state index contributed by atoms with van der Waals surface area (Å²) < 4.78 is 12.9. The topological polar surface area (TPSA) is 49.8 Å². The summed E-state index contributed by atoms with van der Waals surface area (Å²) in [6.45, 7) is 1.97. The van der Waals surface area contributed by atoms with E-state index in [0.717, 1.165) is 23.5 Å². The maximum absolute atomic E-state index is 12.9. The summed E-state index contributed by atoms with van der Waals surface area (Å²) >= 11 is 1.72. The number of halogens is 1. The first-order chi connectivity index (χ1) is 7.63. The lowest BCUT2D eigenvalue weighted by Crippen LogP contribution is -2.15. The van der Waals surface area contributed by atoms with Gasteiger partial charge in [-0.25, -0.2) is 4.39 Å². The standard InChI is InChI=1S/C12H15FN2S/c1-9(15)4-5-16-8-10-2-3-12(13)6-11(10)7-14/h2-3,6,9H,4-5,8,15H2,1H3. The van der Waals surface area contributed by atoms with Crippen molar-refractivity contribution in [3.05, 3.63) is 35.1 Å². The highest BCUT2D eigenvalue weighted by Gasteiger charge is 2.04. The number of benzene rings is 1. The zero-order valence-electron chi connectivity index (χ0n) is 9.24. The molecule has 0 spiro atoms. The van der Waals surface area contributed by atoms with E-state index in [1.54, 1.807) is 17.8 Å². The molecule has 16 heavy (non-hydrogen) atoms. The molecule has 1 rings (SSSR count). The van der Waals surface area contributed by atoms with Crippen LogP contribution in [0.15, 0.2) is 18.2 Å². The van der Waals surface area contributed by atoms with Crippen LogP contribution < -0.4 is 5.73 Å². The maximum Gasteiger partial charge on any atom is 0.124 e. The minimum absolute atomic E-state index is 0.205. The second kappa shape index (κ2) is 6.51. The number of hydrogen-bond donors (Lipinski definition) is 1. The molecule has 0 aromatic heterocycles. The van der Waals surface area contributed by atoms with Crippen LogP contribution in [-0.2, 0) is 5.75 Å². The second-order valence-electron chi connectivity index (χ2n) is 3.73. The first kappa shape index (κ1) is 13.0. The Labute approximate surface area is 99.6 Å². The van der Waals surface area contributed by atoms with Gasteiger partial charge in [0.25, 0.3) is 0 Å². The molecule has 4 heteroatoms. The van der Waals surface area contributed by atoms with E-state index >= 15 is 0 Å². The molecule has 0 aliphatic heterocycles. The number of hydrogen-bond acceptors (Lipinski definition) is 3. The van der Waals surface area contributed by atoms with E-state index in [1.165, 1.54) is 12.1 Å². The van der Waals surface area contributed by atoms with Crippen molar-refractivity contribution < 1.29 is 4.39 Å². The monoisotopic (exact) mass is 238 g/mol. The van der Waals surface area contributed by atoms with Crippen LogP contribution in [0, 0.1) is 17.1 Å². The third kappa shape index (κ3) is 4.21. The molecule has 0 saturated heterocycles. The van der Waals surface area contributed by atoms with E-state index in [0.29, 0.717) is 5.56 Å². The Kier molecular flexibility index (Phi) is 5.30. The quantitative estimate of drug-likeness (QED) is 0.802. The molecule has 0 amide bonds. The van der Waals surface area contributed by atoms with Crippen LogP contribution in [-0.4, -0.2) is 11.8 Å². The van der Waals surface area contributed by atoms with Crippen LogP contribution in [0.3, 0.4) is 0 Å². The Morgan fingerprint density at radius 3 is 2.94 bits per heavy atom. The van der Waals surface area contributed by atoms with Crippen LogP contribution in [0.25, 0.3) is 0 Å². The lowest BCUT2D eigenvalue weighted by molar-refractivity contribution is 0.627. The molecule has 2 N–H and O–H groups in total. The first-order valence-electron chi connectivity index (χ1n) is 5.15. The SMILES string of the molecule is CC(N)CCSCc1ccc(F)cc1C#N. The maximum atomic E-state index is 12.9. The highest BCUT2D eigenvalue weighted by Crippen LogP contribution is 2.18. The van der Waals surface area contributed by atoms with Crippen molar-refractivity contribution >= 4 is 11.8 Å². The molecule has 1 unspecified atom stereocenters. The predicted octanol–water partition coefficient (Wildman–Crippen LogP) is 2.67. The molecule has 2 nitrogen and oxygen atoms in total. The molecule has 0 fully saturated rings. The van der Waals surface area contributed by atoms with Gasteiger partial charge in [-0.3, -0.25) is 0 Å². The highest BCUT2D eigenvalue weighted by atomic mass is 32.2. The van der Waals surface area contributed by atoms with Crippen molar-refractivity contribution in [3.63, 3.8) is 0 Å². The van der Waals surface area contributed by atoms with Crippen molar-refractivity contribution in [2.24, 2.45) is 5.73 Å². The van der Waals surface area contributed by atoms with Gasteiger partial charge in [-0.2, -0.15) is 17.0 Å². The molecule has 0 heterocycles. The summed E-state index contributed by atoms with van der Waals surface area (Å²) in [5, 5.41) is 8.84. The molecule has 0 radical (unpaired) electrons. The third-order valence-corrected chi connectivity index (χ3v) is 3.21. The predicted molar refractivity (Wildman–Crippen MR) is 65.5 cm³/mol. The van der Waals surface area contributed by atoms with Crippen molar-refractivity contribution in [2.75, 3.05) is 5.75 Å². The van der Waals surface area contributed by atoms with E-state index in [1.807, 2.05) is 13.0 Å². The molecule has 86 valence electrons. The largest absolute Gasteiger partial charge is 0.328 e. The molecular weight excluding hydrogens is 223 g/mol.